The summed E-state index contributed by atoms with van der Waals surface area (Å²) in [7, 11) is 0. The predicted octanol–water partition coefficient (Wildman–Crippen LogP) is 2.97. The summed E-state index contributed by atoms with van der Waals surface area (Å²) in [5, 5.41) is 2.87. The van der Waals surface area contributed by atoms with Gasteiger partial charge in [-0.15, -0.1) is 11.6 Å². The Morgan fingerprint density at radius 2 is 2.22 bits per heavy atom. The van der Waals surface area contributed by atoms with Crippen LogP contribution in [0.3, 0.4) is 0 Å². The molecular formula is C14H20ClNO2. The summed E-state index contributed by atoms with van der Waals surface area (Å²) in [4.78, 5) is 11.8. The van der Waals surface area contributed by atoms with E-state index in [0.29, 0.717) is 24.6 Å². The molecule has 1 amide bonds. The Labute approximate surface area is 113 Å². The Bertz CT molecular complexity index is 369. The molecule has 0 aliphatic heterocycles. The molecule has 3 nitrogen and oxygen atoms in total. The molecule has 0 aliphatic rings. The first-order valence-electron chi connectivity index (χ1n) is 6.28. The van der Waals surface area contributed by atoms with Gasteiger partial charge in [-0.3, -0.25) is 4.79 Å². The molecule has 0 unspecified atom stereocenters. The highest BCUT2D eigenvalue weighted by Gasteiger charge is 2.04. The Kier molecular flexibility index (Phi) is 7.46. The van der Waals surface area contributed by atoms with E-state index in [1.165, 1.54) is 0 Å². The van der Waals surface area contributed by atoms with Gasteiger partial charge in [-0.2, -0.15) is 0 Å². The maximum atomic E-state index is 11.8. The van der Waals surface area contributed by atoms with Crippen LogP contribution in [0.1, 0.15) is 35.7 Å². The normalized spacial score (nSPS) is 10.3. The van der Waals surface area contributed by atoms with Crippen LogP contribution < -0.4 is 5.32 Å². The van der Waals surface area contributed by atoms with Gasteiger partial charge in [0.15, 0.2) is 0 Å². The van der Waals surface area contributed by atoms with Crippen LogP contribution >= 0.6 is 11.6 Å². The van der Waals surface area contributed by atoms with Crippen LogP contribution in [-0.2, 0) is 10.6 Å². The fraction of sp³-hybridized carbons (Fsp3) is 0.500. The second-order valence-corrected chi connectivity index (χ2v) is 4.32. The molecule has 0 saturated heterocycles. The smallest absolute Gasteiger partial charge is 0.251 e. The topological polar surface area (TPSA) is 38.3 Å². The van der Waals surface area contributed by atoms with Crippen LogP contribution in [0.5, 0.6) is 0 Å². The fourth-order valence-corrected chi connectivity index (χ4v) is 1.69. The number of hydrogen-bond donors (Lipinski definition) is 1. The van der Waals surface area contributed by atoms with Crippen molar-refractivity contribution in [3.63, 3.8) is 0 Å². The molecule has 0 aromatic heterocycles. The number of carbonyl (C=O) groups is 1. The molecule has 1 aromatic rings. The lowest BCUT2D eigenvalue weighted by Crippen LogP contribution is -2.25. The van der Waals surface area contributed by atoms with Crippen LogP contribution in [0, 0.1) is 0 Å². The molecule has 1 N–H and O–H groups in total. The van der Waals surface area contributed by atoms with E-state index in [9.17, 15) is 4.79 Å². The van der Waals surface area contributed by atoms with Gasteiger partial charge in [0, 0.05) is 31.2 Å². The molecule has 1 aromatic carbocycles. The fourth-order valence-electron chi connectivity index (χ4n) is 1.52. The van der Waals surface area contributed by atoms with Crippen LogP contribution in [0.25, 0.3) is 0 Å². The van der Waals surface area contributed by atoms with Gasteiger partial charge in [0.25, 0.3) is 5.91 Å². The number of hydrogen-bond acceptors (Lipinski definition) is 2. The summed E-state index contributed by atoms with van der Waals surface area (Å²) < 4.78 is 5.34. The lowest BCUT2D eigenvalue weighted by Gasteiger charge is -2.06. The quantitative estimate of drug-likeness (QED) is 0.582. The van der Waals surface area contributed by atoms with E-state index < -0.39 is 0 Å². The van der Waals surface area contributed by atoms with Crippen LogP contribution in [-0.4, -0.2) is 25.7 Å². The summed E-state index contributed by atoms with van der Waals surface area (Å²) in [6.45, 7) is 4.18. The van der Waals surface area contributed by atoms with Gasteiger partial charge in [0.1, 0.15) is 0 Å². The minimum atomic E-state index is -0.0579. The third-order valence-corrected chi connectivity index (χ3v) is 2.75. The zero-order chi connectivity index (χ0) is 13.2. The third-order valence-electron chi connectivity index (χ3n) is 2.44. The van der Waals surface area contributed by atoms with E-state index in [0.717, 1.165) is 25.0 Å². The van der Waals surface area contributed by atoms with Crippen molar-refractivity contribution in [3.05, 3.63) is 35.4 Å². The highest BCUT2D eigenvalue weighted by molar-refractivity contribution is 6.17. The van der Waals surface area contributed by atoms with Gasteiger partial charge < -0.3 is 10.1 Å². The number of rotatable bonds is 8. The molecule has 0 heterocycles. The largest absolute Gasteiger partial charge is 0.381 e. The molecule has 0 saturated carbocycles. The molecule has 0 atom stereocenters. The monoisotopic (exact) mass is 269 g/mol. The van der Waals surface area contributed by atoms with E-state index in [2.05, 4.69) is 12.2 Å². The van der Waals surface area contributed by atoms with Crippen molar-refractivity contribution in [2.45, 2.75) is 25.6 Å². The van der Waals surface area contributed by atoms with E-state index in [1.54, 1.807) is 6.07 Å². The van der Waals surface area contributed by atoms with E-state index in [-0.39, 0.29) is 5.91 Å². The Morgan fingerprint density at radius 1 is 1.39 bits per heavy atom. The molecule has 4 heteroatoms. The van der Waals surface area contributed by atoms with Gasteiger partial charge in [0.05, 0.1) is 0 Å². The summed E-state index contributed by atoms with van der Waals surface area (Å²) >= 11 is 5.73. The van der Waals surface area contributed by atoms with Crippen LogP contribution in [0.15, 0.2) is 24.3 Å². The summed E-state index contributed by atoms with van der Waals surface area (Å²) in [5.41, 5.74) is 1.61. The highest BCUT2D eigenvalue weighted by atomic mass is 35.5. The Morgan fingerprint density at radius 3 is 2.94 bits per heavy atom. The summed E-state index contributed by atoms with van der Waals surface area (Å²) in [5.74, 6) is 0.365. The van der Waals surface area contributed by atoms with Crippen molar-refractivity contribution in [2.24, 2.45) is 0 Å². The number of carbonyl (C=O) groups excluding carboxylic acids is 1. The second kappa shape index (κ2) is 8.95. The van der Waals surface area contributed by atoms with Gasteiger partial charge in [-0.1, -0.05) is 19.1 Å². The van der Waals surface area contributed by atoms with Gasteiger partial charge in [0.2, 0.25) is 0 Å². The van der Waals surface area contributed by atoms with E-state index >= 15 is 0 Å². The van der Waals surface area contributed by atoms with Gasteiger partial charge in [-0.05, 0) is 30.5 Å². The average Bonchev–Trinajstić information content (AvgIpc) is 2.42. The number of ether oxygens (including phenoxy) is 1. The van der Waals surface area contributed by atoms with Crippen molar-refractivity contribution in [1.29, 1.82) is 0 Å². The molecule has 100 valence electrons. The highest BCUT2D eigenvalue weighted by Crippen LogP contribution is 2.07. The Hall–Kier alpha value is -1.06. The molecule has 0 aliphatic carbocycles. The first-order valence-corrected chi connectivity index (χ1v) is 6.82. The SMILES string of the molecule is CCCOCCCNC(=O)c1cccc(CCl)c1. The van der Waals surface area contributed by atoms with E-state index in [4.69, 9.17) is 16.3 Å². The first kappa shape index (κ1) is 15.0. The van der Waals surface area contributed by atoms with Crippen LogP contribution in [0.2, 0.25) is 0 Å². The van der Waals surface area contributed by atoms with Gasteiger partial charge >= 0.3 is 0 Å². The molecule has 18 heavy (non-hydrogen) atoms. The maximum absolute atomic E-state index is 11.8. The van der Waals surface area contributed by atoms with Crippen molar-refractivity contribution in [2.75, 3.05) is 19.8 Å². The van der Waals surface area contributed by atoms with Crippen molar-refractivity contribution in [1.82, 2.24) is 5.32 Å². The van der Waals surface area contributed by atoms with Crippen molar-refractivity contribution >= 4 is 17.5 Å². The first-order chi connectivity index (χ1) is 8.77. The van der Waals surface area contributed by atoms with Crippen molar-refractivity contribution < 1.29 is 9.53 Å². The standard InChI is InChI=1S/C14H20ClNO2/c1-2-8-18-9-4-7-16-14(17)13-6-3-5-12(10-13)11-15/h3,5-6,10H,2,4,7-9,11H2,1H3,(H,16,17). The molecule has 0 fully saturated rings. The number of benzene rings is 1. The number of nitrogens with one attached hydrogen (secondary N) is 1. The van der Waals surface area contributed by atoms with Crippen LogP contribution in [0.4, 0.5) is 0 Å². The molecule has 0 bridgehead atoms. The summed E-state index contributed by atoms with van der Waals surface area (Å²) in [6.07, 6.45) is 1.86. The van der Waals surface area contributed by atoms with Gasteiger partial charge in [-0.25, -0.2) is 0 Å². The zero-order valence-electron chi connectivity index (χ0n) is 10.7. The van der Waals surface area contributed by atoms with E-state index in [1.807, 2.05) is 18.2 Å². The third kappa shape index (κ3) is 5.52. The molecule has 1 rings (SSSR count). The average molecular weight is 270 g/mol. The minimum absolute atomic E-state index is 0.0579. The Balaban J connectivity index is 2.27. The van der Waals surface area contributed by atoms with Crippen molar-refractivity contribution in [3.8, 4) is 0 Å². The lowest BCUT2D eigenvalue weighted by atomic mass is 10.1. The zero-order valence-corrected chi connectivity index (χ0v) is 11.5. The molecule has 0 spiro atoms. The maximum Gasteiger partial charge on any atom is 0.251 e. The predicted molar refractivity (Wildman–Crippen MR) is 74.1 cm³/mol. The molecular weight excluding hydrogens is 250 g/mol. The summed E-state index contributed by atoms with van der Waals surface area (Å²) in [6, 6.07) is 7.36. The second-order valence-electron chi connectivity index (χ2n) is 4.06. The number of amides is 1. The number of halogens is 1. The molecule has 0 radical (unpaired) electrons. The minimum Gasteiger partial charge on any atom is -0.381 e. The number of alkyl halides is 1. The lowest BCUT2D eigenvalue weighted by molar-refractivity contribution is 0.0941.